The smallest absolute Gasteiger partial charge is 0.410 e. The van der Waals surface area contributed by atoms with Gasteiger partial charge in [-0.05, 0) is 69.4 Å². The topological polar surface area (TPSA) is 67.9 Å². The van der Waals surface area contributed by atoms with Crippen LogP contribution in [0, 0.1) is 19.8 Å². The van der Waals surface area contributed by atoms with Crippen LogP contribution in [0.5, 0.6) is 5.75 Å². The number of nitrogens with one attached hydrogen (secondary N) is 1. The number of aryl methyl sites for hydroxylation is 2. The molecule has 0 aliphatic rings. The number of anilines is 1. The third-order valence-electron chi connectivity index (χ3n) is 4.95. The molecule has 2 aromatic carbocycles. The summed E-state index contributed by atoms with van der Waals surface area (Å²) in [7, 11) is 1.59. The highest BCUT2D eigenvalue weighted by Gasteiger charge is 2.32. The van der Waals surface area contributed by atoms with Crippen LogP contribution in [-0.2, 0) is 16.1 Å². The van der Waals surface area contributed by atoms with E-state index in [2.05, 4.69) is 5.32 Å². The number of benzene rings is 2. The number of hydrogen-bond donors (Lipinski definition) is 1. The van der Waals surface area contributed by atoms with Gasteiger partial charge in [0.25, 0.3) is 0 Å². The van der Waals surface area contributed by atoms with Crippen LogP contribution in [0.25, 0.3) is 0 Å². The minimum Gasteiger partial charge on any atom is -0.488 e. The zero-order chi connectivity index (χ0) is 24.1. The molecule has 0 bridgehead atoms. The van der Waals surface area contributed by atoms with Gasteiger partial charge in [0.1, 0.15) is 24.0 Å². The summed E-state index contributed by atoms with van der Waals surface area (Å²) >= 11 is 0. The Hall–Kier alpha value is -3.02. The van der Waals surface area contributed by atoms with Crippen LogP contribution in [0.1, 0.15) is 51.3 Å². The van der Waals surface area contributed by atoms with E-state index in [1.807, 2.05) is 70.2 Å². The lowest BCUT2D eigenvalue weighted by molar-refractivity contribution is -0.122. The number of hydrogen-bond acceptors (Lipinski definition) is 4. The molecule has 0 aliphatic carbocycles. The molecule has 0 radical (unpaired) electrons. The number of carbonyl (C=O) groups is 2. The van der Waals surface area contributed by atoms with Crippen LogP contribution in [0.3, 0.4) is 0 Å². The van der Waals surface area contributed by atoms with E-state index in [0.717, 1.165) is 22.4 Å². The first-order valence-corrected chi connectivity index (χ1v) is 10.9. The summed E-state index contributed by atoms with van der Waals surface area (Å²) in [5.74, 6) is 0.450. The zero-order valence-corrected chi connectivity index (χ0v) is 20.5. The minimum atomic E-state index is -0.667. The van der Waals surface area contributed by atoms with E-state index in [1.54, 1.807) is 27.8 Å². The highest BCUT2D eigenvalue weighted by molar-refractivity contribution is 5.97. The van der Waals surface area contributed by atoms with Crippen molar-refractivity contribution >= 4 is 17.7 Å². The van der Waals surface area contributed by atoms with E-state index in [1.165, 1.54) is 4.90 Å². The molecular formula is C26H36N2O4. The highest BCUT2D eigenvalue weighted by atomic mass is 16.6. The Morgan fingerprint density at radius 1 is 1.03 bits per heavy atom. The number of ether oxygens (including phenoxy) is 2. The largest absolute Gasteiger partial charge is 0.488 e. The molecule has 6 heteroatoms. The summed E-state index contributed by atoms with van der Waals surface area (Å²) in [6.07, 6.45) is -0.525. The Bertz CT molecular complexity index is 910. The van der Waals surface area contributed by atoms with Gasteiger partial charge in [0.15, 0.2) is 0 Å². The van der Waals surface area contributed by atoms with Crippen LogP contribution >= 0.6 is 0 Å². The normalized spacial score (nSPS) is 12.3. The van der Waals surface area contributed by atoms with Crippen LogP contribution in [-0.4, -0.2) is 35.6 Å². The van der Waals surface area contributed by atoms with Crippen molar-refractivity contribution in [1.29, 1.82) is 0 Å². The van der Waals surface area contributed by atoms with Crippen molar-refractivity contribution in [3.63, 3.8) is 0 Å². The van der Waals surface area contributed by atoms with E-state index in [9.17, 15) is 9.59 Å². The number of amides is 2. The quantitative estimate of drug-likeness (QED) is 0.599. The van der Waals surface area contributed by atoms with Crippen molar-refractivity contribution < 1.29 is 19.1 Å². The molecule has 1 N–H and O–H groups in total. The van der Waals surface area contributed by atoms with Crippen molar-refractivity contribution in [3.8, 4) is 5.75 Å². The Labute approximate surface area is 191 Å². The Balaban J connectivity index is 2.14. The first-order valence-electron chi connectivity index (χ1n) is 10.9. The Morgan fingerprint density at radius 3 is 2.09 bits per heavy atom. The summed E-state index contributed by atoms with van der Waals surface area (Å²) in [5.41, 5.74) is 2.98. The molecule has 2 aromatic rings. The zero-order valence-electron chi connectivity index (χ0n) is 20.5. The van der Waals surface area contributed by atoms with Crippen molar-refractivity contribution in [1.82, 2.24) is 4.90 Å². The SMILES string of the molecule is Cc1cc(NC(=O)[C@H](C(C)C)N(C)C(=O)OC(C)(C)C)cc(C)c1OCc1ccccc1. The molecule has 0 fully saturated rings. The van der Waals surface area contributed by atoms with Gasteiger partial charge in [-0.15, -0.1) is 0 Å². The average molecular weight is 441 g/mol. The lowest BCUT2D eigenvalue weighted by Crippen LogP contribution is -2.49. The van der Waals surface area contributed by atoms with Gasteiger partial charge in [0.2, 0.25) is 5.91 Å². The molecular weight excluding hydrogens is 404 g/mol. The molecule has 1 atom stereocenters. The molecule has 0 unspecified atom stereocenters. The third-order valence-corrected chi connectivity index (χ3v) is 4.95. The van der Waals surface area contributed by atoms with Gasteiger partial charge in [-0.3, -0.25) is 9.69 Å². The van der Waals surface area contributed by atoms with Gasteiger partial charge in [0.05, 0.1) is 0 Å². The fraction of sp³-hybridized carbons (Fsp3) is 0.462. The summed E-state index contributed by atoms with van der Waals surface area (Å²) in [5, 5.41) is 2.96. The molecule has 0 aliphatic heterocycles. The first kappa shape index (κ1) is 25.2. The van der Waals surface area contributed by atoms with Crippen LogP contribution in [0.15, 0.2) is 42.5 Å². The number of carbonyl (C=O) groups excluding carboxylic acids is 2. The van der Waals surface area contributed by atoms with E-state index in [-0.39, 0.29) is 11.8 Å². The number of nitrogens with zero attached hydrogens (tertiary/aromatic N) is 1. The maximum atomic E-state index is 13.1. The van der Waals surface area contributed by atoms with Crippen LogP contribution in [0.4, 0.5) is 10.5 Å². The summed E-state index contributed by atoms with van der Waals surface area (Å²) < 4.78 is 11.5. The van der Waals surface area contributed by atoms with Crippen molar-refractivity contribution in [2.75, 3.05) is 12.4 Å². The predicted molar refractivity (Wildman–Crippen MR) is 128 cm³/mol. The molecule has 174 valence electrons. The van der Waals surface area contributed by atoms with Crippen LogP contribution in [0.2, 0.25) is 0 Å². The van der Waals surface area contributed by atoms with Crippen molar-refractivity contribution in [3.05, 3.63) is 59.2 Å². The first-order chi connectivity index (χ1) is 14.9. The summed E-state index contributed by atoms with van der Waals surface area (Å²) in [4.78, 5) is 27.0. The molecule has 0 heterocycles. The van der Waals surface area contributed by atoms with Gasteiger partial charge in [-0.1, -0.05) is 44.2 Å². The fourth-order valence-corrected chi connectivity index (χ4v) is 3.57. The molecule has 0 spiro atoms. The van der Waals surface area contributed by atoms with E-state index < -0.39 is 17.7 Å². The second-order valence-corrected chi connectivity index (χ2v) is 9.48. The lowest BCUT2D eigenvalue weighted by Gasteiger charge is -2.32. The summed E-state index contributed by atoms with van der Waals surface area (Å²) in [6.45, 7) is 13.6. The minimum absolute atomic E-state index is 0.0943. The van der Waals surface area contributed by atoms with Crippen LogP contribution < -0.4 is 10.1 Å². The van der Waals surface area contributed by atoms with Gasteiger partial charge >= 0.3 is 6.09 Å². The van der Waals surface area contributed by atoms with Gasteiger partial charge in [-0.2, -0.15) is 0 Å². The maximum Gasteiger partial charge on any atom is 0.410 e. The van der Waals surface area contributed by atoms with Crippen molar-refractivity contribution in [2.45, 2.75) is 66.7 Å². The monoisotopic (exact) mass is 440 g/mol. The molecule has 6 nitrogen and oxygen atoms in total. The van der Waals surface area contributed by atoms with E-state index in [0.29, 0.717) is 12.3 Å². The van der Waals surface area contributed by atoms with Gasteiger partial charge in [-0.25, -0.2) is 4.79 Å². The molecule has 0 saturated carbocycles. The molecule has 0 saturated heterocycles. The Kier molecular flexibility index (Phi) is 8.31. The molecule has 2 rings (SSSR count). The number of likely N-dealkylation sites (N-methyl/N-ethyl adjacent to an activating group) is 1. The average Bonchev–Trinajstić information content (AvgIpc) is 2.66. The third kappa shape index (κ3) is 7.01. The summed E-state index contributed by atoms with van der Waals surface area (Å²) in [6, 6.07) is 13.1. The van der Waals surface area contributed by atoms with Gasteiger partial charge in [0, 0.05) is 12.7 Å². The van der Waals surface area contributed by atoms with Gasteiger partial charge < -0.3 is 14.8 Å². The Morgan fingerprint density at radius 2 is 1.59 bits per heavy atom. The maximum absolute atomic E-state index is 13.1. The molecule has 32 heavy (non-hydrogen) atoms. The molecule has 0 aromatic heterocycles. The van der Waals surface area contributed by atoms with E-state index >= 15 is 0 Å². The second kappa shape index (κ2) is 10.5. The second-order valence-electron chi connectivity index (χ2n) is 9.48. The molecule has 2 amide bonds. The number of rotatable bonds is 7. The lowest BCUT2D eigenvalue weighted by atomic mass is 10.0. The standard InChI is InChI=1S/C26H36N2O4/c1-17(2)22(28(8)25(30)32-26(5,6)7)24(29)27-21-14-18(3)23(19(4)15-21)31-16-20-12-10-9-11-13-20/h9-15,17,22H,16H2,1-8H3,(H,27,29)/t22-/m0/s1. The predicted octanol–water partition coefficient (Wildman–Crippen LogP) is 5.71. The van der Waals surface area contributed by atoms with Crippen molar-refractivity contribution in [2.24, 2.45) is 5.92 Å². The fourth-order valence-electron chi connectivity index (χ4n) is 3.57. The highest BCUT2D eigenvalue weighted by Crippen LogP contribution is 2.28. The van der Waals surface area contributed by atoms with E-state index in [4.69, 9.17) is 9.47 Å².